The van der Waals surface area contributed by atoms with E-state index in [4.69, 9.17) is 0 Å². The zero-order valence-corrected chi connectivity index (χ0v) is 11.9. The van der Waals surface area contributed by atoms with Gasteiger partial charge in [0.15, 0.2) is 0 Å². The minimum absolute atomic E-state index is 0.0458. The van der Waals surface area contributed by atoms with E-state index < -0.39 is 6.04 Å². The first-order valence-electron chi connectivity index (χ1n) is 7.05. The summed E-state index contributed by atoms with van der Waals surface area (Å²) in [7, 11) is 0. The first-order chi connectivity index (χ1) is 9.61. The van der Waals surface area contributed by atoms with Crippen molar-refractivity contribution in [2.24, 2.45) is 0 Å². The standard InChI is InChI=1S/C15H21N3O2/c1-3-11(2)16-15(20)17-13-9-10-18(14(13)19)12-7-5-4-6-8-12/h4-8,11,13H,3,9-10H2,1-2H3,(H2,16,17,20). The van der Waals surface area contributed by atoms with Crippen molar-refractivity contribution >= 4 is 17.6 Å². The Labute approximate surface area is 119 Å². The monoisotopic (exact) mass is 275 g/mol. The number of carbonyl (C=O) groups is 2. The number of urea groups is 1. The zero-order valence-electron chi connectivity index (χ0n) is 11.9. The summed E-state index contributed by atoms with van der Waals surface area (Å²) in [6, 6.07) is 8.93. The highest BCUT2D eigenvalue weighted by Crippen LogP contribution is 2.20. The van der Waals surface area contributed by atoms with Crippen LogP contribution in [0.3, 0.4) is 0 Å². The minimum Gasteiger partial charge on any atom is -0.336 e. The van der Waals surface area contributed by atoms with E-state index in [1.807, 2.05) is 44.2 Å². The van der Waals surface area contributed by atoms with Crippen LogP contribution < -0.4 is 15.5 Å². The van der Waals surface area contributed by atoms with E-state index in [0.29, 0.717) is 13.0 Å². The lowest BCUT2D eigenvalue weighted by atomic mass is 10.2. The molecule has 1 fully saturated rings. The second-order valence-electron chi connectivity index (χ2n) is 5.09. The van der Waals surface area contributed by atoms with Crippen molar-refractivity contribution in [2.45, 2.75) is 38.8 Å². The van der Waals surface area contributed by atoms with E-state index in [0.717, 1.165) is 12.1 Å². The smallest absolute Gasteiger partial charge is 0.315 e. The van der Waals surface area contributed by atoms with Gasteiger partial charge < -0.3 is 15.5 Å². The number of hydrogen-bond acceptors (Lipinski definition) is 2. The Morgan fingerprint density at radius 3 is 2.75 bits per heavy atom. The predicted molar refractivity (Wildman–Crippen MR) is 78.6 cm³/mol. The Morgan fingerprint density at radius 1 is 1.40 bits per heavy atom. The van der Waals surface area contributed by atoms with Gasteiger partial charge >= 0.3 is 6.03 Å². The Balaban J connectivity index is 1.93. The van der Waals surface area contributed by atoms with Gasteiger partial charge in [-0.25, -0.2) is 4.79 Å². The number of carbonyl (C=O) groups excluding carboxylic acids is 2. The van der Waals surface area contributed by atoms with Crippen LogP contribution in [0.25, 0.3) is 0 Å². The van der Waals surface area contributed by atoms with Crippen LogP contribution in [0.4, 0.5) is 10.5 Å². The van der Waals surface area contributed by atoms with Gasteiger partial charge in [-0.2, -0.15) is 0 Å². The van der Waals surface area contributed by atoms with Crippen LogP contribution in [0.15, 0.2) is 30.3 Å². The second-order valence-corrected chi connectivity index (χ2v) is 5.09. The molecule has 2 unspecified atom stereocenters. The summed E-state index contributed by atoms with van der Waals surface area (Å²) in [5, 5.41) is 5.56. The molecule has 1 aliphatic heterocycles. The van der Waals surface area contributed by atoms with E-state index in [1.165, 1.54) is 0 Å². The summed E-state index contributed by atoms with van der Waals surface area (Å²) >= 11 is 0. The third kappa shape index (κ3) is 3.29. The van der Waals surface area contributed by atoms with Gasteiger partial charge in [-0.1, -0.05) is 25.1 Å². The molecule has 5 heteroatoms. The molecule has 2 rings (SSSR count). The maximum absolute atomic E-state index is 12.3. The molecule has 0 saturated carbocycles. The van der Waals surface area contributed by atoms with Gasteiger partial charge in [0.05, 0.1) is 0 Å². The van der Waals surface area contributed by atoms with Crippen molar-refractivity contribution in [3.63, 3.8) is 0 Å². The minimum atomic E-state index is -0.431. The molecule has 20 heavy (non-hydrogen) atoms. The first-order valence-corrected chi connectivity index (χ1v) is 7.05. The van der Waals surface area contributed by atoms with Gasteiger partial charge in [-0.05, 0) is 31.9 Å². The number of benzene rings is 1. The lowest BCUT2D eigenvalue weighted by Gasteiger charge is -2.18. The Hall–Kier alpha value is -2.04. The fraction of sp³-hybridized carbons (Fsp3) is 0.467. The largest absolute Gasteiger partial charge is 0.336 e. The zero-order chi connectivity index (χ0) is 14.5. The van der Waals surface area contributed by atoms with Crippen LogP contribution in [-0.2, 0) is 4.79 Å². The Kier molecular flexibility index (Phi) is 4.61. The molecule has 1 aromatic carbocycles. The molecule has 0 aliphatic carbocycles. The summed E-state index contributed by atoms with van der Waals surface area (Å²) in [6.45, 7) is 4.58. The lowest BCUT2D eigenvalue weighted by Crippen LogP contribution is -2.48. The van der Waals surface area contributed by atoms with Crippen LogP contribution in [0.2, 0.25) is 0 Å². The van der Waals surface area contributed by atoms with E-state index in [1.54, 1.807) is 4.90 Å². The SMILES string of the molecule is CCC(C)NC(=O)NC1CCN(c2ccccc2)C1=O. The summed E-state index contributed by atoms with van der Waals surface area (Å²) in [5.41, 5.74) is 0.879. The van der Waals surface area contributed by atoms with Gasteiger partial charge in [-0.15, -0.1) is 0 Å². The third-order valence-electron chi connectivity index (χ3n) is 3.57. The van der Waals surface area contributed by atoms with Crippen LogP contribution in [0.1, 0.15) is 26.7 Å². The summed E-state index contributed by atoms with van der Waals surface area (Å²) in [4.78, 5) is 25.8. The van der Waals surface area contributed by atoms with E-state index in [2.05, 4.69) is 10.6 Å². The Bertz CT molecular complexity index is 475. The van der Waals surface area contributed by atoms with E-state index >= 15 is 0 Å². The lowest BCUT2D eigenvalue weighted by molar-refractivity contribution is -0.118. The average Bonchev–Trinajstić information content (AvgIpc) is 2.81. The number of anilines is 1. The Morgan fingerprint density at radius 2 is 2.10 bits per heavy atom. The molecule has 1 aromatic rings. The van der Waals surface area contributed by atoms with Crippen LogP contribution in [0.5, 0.6) is 0 Å². The molecule has 1 heterocycles. The van der Waals surface area contributed by atoms with Gasteiger partial charge in [0.25, 0.3) is 0 Å². The molecule has 1 aliphatic rings. The molecule has 0 spiro atoms. The molecule has 2 atom stereocenters. The third-order valence-corrected chi connectivity index (χ3v) is 3.57. The fourth-order valence-corrected chi connectivity index (χ4v) is 2.20. The summed E-state index contributed by atoms with van der Waals surface area (Å²) in [5.74, 6) is -0.0458. The van der Waals surface area contributed by atoms with E-state index in [-0.39, 0.29) is 18.0 Å². The maximum atomic E-state index is 12.3. The maximum Gasteiger partial charge on any atom is 0.315 e. The molecule has 1 saturated heterocycles. The van der Waals surface area contributed by atoms with Crippen LogP contribution >= 0.6 is 0 Å². The molecule has 0 bridgehead atoms. The first kappa shape index (κ1) is 14.4. The molecular formula is C15H21N3O2. The molecule has 5 nitrogen and oxygen atoms in total. The second kappa shape index (κ2) is 6.41. The normalized spacial score (nSPS) is 19.8. The van der Waals surface area contributed by atoms with Crippen molar-refractivity contribution in [1.29, 1.82) is 0 Å². The highest BCUT2D eigenvalue weighted by molar-refractivity contribution is 6.01. The molecule has 2 N–H and O–H groups in total. The highest BCUT2D eigenvalue weighted by atomic mass is 16.2. The van der Waals surface area contributed by atoms with Crippen molar-refractivity contribution in [3.05, 3.63) is 30.3 Å². The van der Waals surface area contributed by atoms with Crippen LogP contribution in [0, 0.1) is 0 Å². The molecule has 3 amide bonds. The topological polar surface area (TPSA) is 61.4 Å². The highest BCUT2D eigenvalue weighted by Gasteiger charge is 2.33. The number of nitrogens with one attached hydrogen (secondary N) is 2. The molecule has 0 radical (unpaired) electrons. The number of nitrogens with zero attached hydrogens (tertiary/aromatic N) is 1. The van der Waals surface area contributed by atoms with Crippen molar-refractivity contribution in [2.75, 3.05) is 11.4 Å². The van der Waals surface area contributed by atoms with Crippen molar-refractivity contribution in [1.82, 2.24) is 10.6 Å². The average molecular weight is 275 g/mol. The number of rotatable bonds is 4. The summed E-state index contributed by atoms with van der Waals surface area (Å²) in [6.07, 6.45) is 1.50. The van der Waals surface area contributed by atoms with Crippen molar-refractivity contribution in [3.8, 4) is 0 Å². The van der Waals surface area contributed by atoms with Gasteiger partial charge in [-0.3, -0.25) is 4.79 Å². The van der Waals surface area contributed by atoms with Crippen molar-refractivity contribution < 1.29 is 9.59 Å². The van der Waals surface area contributed by atoms with Gasteiger partial charge in [0.2, 0.25) is 5.91 Å². The van der Waals surface area contributed by atoms with Gasteiger partial charge in [0, 0.05) is 18.3 Å². The molecular weight excluding hydrogens is 254 g/mol. The molecule has 0 aromatic heterocycles. The quantitative estimate of drug-likeness (QED) is 0.881. The number of amides is 3. The molecule has 108 valence electrons. The van der Waals surface area contributed by atoms with Crippen LogP contribution in [-0.4, -0.2) is 30.6 Å². The predicted octanol–water partition coefficient (Wildman–Crippen LogP) is 1.89. The number of para-hydroxylation sites is 1. The fourth-order valence-electron chi connectivity index (χ4n) is 2.20. The van der Waals surface area contributed by atoms with E-state index in [9.17, 15) is 9.59 Å². The summed E-state index contributed by atoms with van der Waals surface area (Å²) < 4.78 is 0. The number of hydrogen-bond donors (Lipinski definition) is 2. The van der Waals surface area contributed by atoms with Gasteiger partial charge in [0.1, 0.15) is 6.04 Å².